The van der Waals surface area contributed by atoms with Gasteiger partial charge in [-0.05, 0) is 77.0 Å². The van der Waals surface area contributed by atoms with E-state index in [1.807, 2.05) is 0 Å². The lowest BCUT2D eigenvalue weighted by Crippen LogP contribution is -2.29. The summed E-state index contributed by atoms with van der Waals surface area (Å²) < 4.78 is 26.2. The number of ether oxygens (including phenoxy) is 2. The lowest BCUT2D eigenvalue weighted by atomic mass is 10.1. The molecule has 0 aliphatic heterocycles. The summed E-state index contributed by atoms with van der Waals surface area (Å²) in [6.45, 7) is 3.50. The van der Waals surface area contributed by atoms with Crippen molar-refractivity contribution in [2.24, 2.45) is 0 Å². The van der Waals surface area contributed by atoms with Crippen LogP contribution >= 0.6 is 7.82 Å². The molecular formula is C39H67O8P. The third-order valence-corrected chi connectivity index (χ3v) is 8.01. The van der Waals surface area contributed by atoms with E-state index in [1.165, 1.54) is 44.9 Å². The van der Waals surface area contributed by atoms with Gasteiger partial charge >= 0.3 is 19.8 Å². The quantitative estimate of drug-likeness (QED) is 0.0301. The van der Waals surface area contributed by atoms with Gasteiger partial charge in [0.05, 0.1) is 6.61 Å². The van der Waals surface area contributed by atoms with Crippen molar-refractivity contribution in [2.75, 3.05) is 13.2 Å². The summed E-state index contributed by atoms with van der Waals surface area (Å²) in [5, 5.41) is 0. The van der Waals surface area contributed by atoms with Crippen LogP contribution in [-0.2, 0) is 28.2 Å². The van der Waals surface area contributed by atoms with Gasteiger partial charge in [-0.1, -0.05) is 126 Å². The molecule has 0 saturated carbocycles. The first-order chi connectivity index (χ1) is 23.3. The summed E-state index contributed by atoms with van der Waals surface area (Å²) in [5.41, 5.74) is 0. The molecule has 0 aliphatic carbocycles. The molecule has 0 amide bonds. The Balaban J connectivity index is 4.07. The Morgan fingerprint density at radius 1 is 0.562 bits per heavy atom. The first-order valence-corrected chi connectivity index (χ1v) is 20.1. The second kappa shape index (κ2) is 34.6. The topological polar surface area (TPSA) is 119 Å². The van der Waals surface area contributed by atoms with Crippen molar-refractivity contribution in [1.29, 1.82) is 0 Å². The number of allylic oxidation sites excluding steroid dienone is 10. The van der Waals surface area contributed by atoms with Crippen molar-refractivity contribution >= 4 is 19.8 Å². The lowest BCUT2D eigenvalue weighted by Gasteiger charge is -2.18. The van der Waals surface area contributed by atoms with Crippen molar-refractivity contribution in [3.8, 4) is 0 Å². The Bertz CT molecular complexity index is 963. The number of esters is 2. The third kappa shape index (κ3) is 36.6. The standard InChI is InChI=1S/C39H67O8P/c1-3-5-7-9-11-13-15-17-19-21-23-25-27-29-31-33-38(40)45-35-37(36-46-48(42,43)44)47-39(41)34-32-30-28-26-24-22-20-18-16-14-12-10-8-6-4-2/h5,7,11,13,17-20,23,25,37H,3-4,6,8-10,12,14-16,21-22,24,26-36H2,1-2H3,(H2,42,43,44)/b7-5+,13-11+,19-17+,20-18+,25-23+/t37-/m1/s1. The molecule has 0 fully saturated rings. The number of hydrogen-bond donors (Lipinski definition) is 2. The van der Waals surface area contributed by atoms with E-state index in [0.29, 0.717) is 12.8 Å². The van der Waals surface area contributed by atoms with Gasteiger partial charge in [-0.15, -0.1) is 0 Å². The van der Waals surface area contributed by atoms with Gasteiger partial charge in [0.25, 0.3) is 0 Å². The number of phosphoric ester groups is 1. The molecule has 0 saturated heterocycles. The summed E-state index contributed by atoms with van der Waals surface area (Å²) in [4.78, 5) is 42.7. The van der Waals surface area contributed by atoms with Gasteiger partial charge in [0.1, 0.15) is 6.61 Å². The average Bonchev–Trinajstić information content (AvgIpc) is 3.05. The van der Waals surface area contributed by atoms with E-state index in [1.54, 1.807) is 0 Å². The summed E-state index contributed by atoms with van der Waals surface area (Å²) in [6.07, 6.45) is 42.3. The van der Waals surface area contributed by atoms with E-state index in [-0.39, 0.29) is 19.4 Å². The van der Waals surface area contributed by atoms with Crippen molar-refractivity contribution in [3.63, 3.8) is 0 Å². The second-order valence-electron chi connectivity index (χ2n) is 12.2. The summed E-state index contributed by atoms with van der Waals surface area (Å²) in [5.74, 6) is -0.949. The van der Waals surface area contributed by atoms with E-state index < -0.39 is 32.5 Å². The Kier molecular flexibility index (Phi) is 33.0. The highest BCUT2D eigenvalue weighted by molar-refractivity contribution is 7.46. The van der Waals surface area contributed by atoms with Gasteiger partial charge in [0.15, 0.2) is 6.10 Å². The number of rotatable bonds is 33. The number of unbranched alkanes of at least 4 members (excludes halogenated alkanes) is 13. The molecule has 8 nitrogen and oxygen atoms in total. The minimum atomic E-state index is -4.76. The van der Waals surface area contributed by atoms with Gasteiger partial charge in [0, 0.05) is 12.8 Å². The minimum absolute atomic E-state index is 0.190. The monoisotopic (exact) mass is 694 g/mol. The van der Waals surface area contributed by atoms with Gasteiger partial charge in [0.2, 0.25) is 0 Å². The average molecular weight is 695 g/mol. The largest absolute Gasteiger partial charge is 0.469 e. The molecule has 0 aromatic rings. The van der Waals surface area contributed by atoms with E-state index in [2.05, 4.69) is 79.1 Å². The van der Waals surface area contributed by atoms with Crippen molar-refractivity contribution < 1.29 is 37.9 Å². The van der Waals surface area contributed by atoms with Crippen LogP contribution in [0.25, 0.3) is 0 Å². The summed E-state index contributed by atoms with van der Waals surface area (Å²) in [7, 11) is -4.76. The van der Waals surface area contributed by atoms with Gasteiger partial charge < -0.3 is 19.3 Å². The zero-order chi connectivity index (χ0) is 35.4. The van der Waals surface area contributed by atoms with Crippen LogP contribution in [0.1, 0.15) is 155 Å². The maximum atomic E-state index is 12.3. The van der Waals surface area contributed by atoms with Gasteiger partial charge in [-0.3, -0.25) is 14.1 Å². The second-order valence-corrected chi connectivity index (χ2v) is 13.4. The zero-order valence-corrected chi connectivity index (χ0v) is 31.0. The Labute approximate surface area is 292 Å². The van der Waals surface area contributed by atoms with E-state index in [0.717, 1.165) is 70.6 Å². The molecule has 0 spiro atoms. The van der Waals surface area contributed by atoms with Crippen LogP contribution in [0, 0.1) is 0 Å². The van der Waals surface area contributed by atoms with Crippen molar-refractivity contribution in [1.82, 2.24) is 0 Å². The van der Waals surface area contributed by atoms with Crippen LogP contribution in [0.4, 0.5) is 0 Å². The highest BCUT2D eigenvalue weighted by Crippen LogP contribution is 2.36. The molecule has 1 atom stereocenters. The highest BCUT2D eigenvalue weighted by Gasteiger charge is 2.22. The van der Waals surface area contributed by atoms with Crippen LogP contribution in [0.3, 0.4) is 0 Å². The van der Waals surface area contributed by atoms with E-state index >= 15 is 0 Å². The number of phosphoric acid groups is 1. The molecule has 0 aromatic carbocycles. The van der Waals surface area contributed by atoms with Crippen molar-refractivity contribution in [3.05, 3.63) is 60.8 Å². The molecule has 0 rings (SSSR count). The van der Waals surface area contributed by atoms with E-state index in [4.69, 9.17) is 19.3 Å². The molecule has 2 N–H and O–H groups in total. The first-order valence-electron chi connectivity index (χ1n) is 18.6. The van der Waals surface area contributed by atoms with Crippen molar-refractivity contribution in [2.45, 2.75) is 161 Å². The Hall–Kier alpha value is -2.25. The van der Waals surface area contributed by atoms with Gasteiger partial charge in [-0.2, -0.15) is 0 Å². The summed E-state index contributed by atoms with van der Waals surface area (Å²) in [6, 6.07) is 0. The molecule has 276 valence electrons. The molecule has 48 heavy (non-hydrogen) atoms. The zero-order valence-electron chi connectivity index (χ0n) is 30.1. The fraction of sp³-hybridized carbons (Fsp3) is 0.692. The molecule has 0 aliphatic rings. The minimum Gasteiger partial charge on any atom is -0.462 e. The molecule has 0 unspecified atom stereocenters. The molecule has 0 radical (unpaired) electrons. The Morgan fingerprint density at radius 2 is 1.00 bits per heavy atom. The smallest absolute Gasteiger partial charge is 0.462 e. The SMILES string of the molecule is CC/C=C/C/C=C/C/C=C/C/C=C/CCCCC(=O)OC[C@H](COP(=O)(O)O)OC(=O)CCCCCCC/C=C/CCCCCCCC. The van der Waals surface area contributed by atoms with Crippen LogP contribution in [0.5, 0.6) is 0 Å². The maximum absolute atomic E-state index is 12.3. The predicted molar refractivity (Wildman–Crippen MR) is 197 cm³/mol. The fourth-order valence-corrected chi connectivity index (χ4v) is 5.13. The van der Waals surface area contributed by atoms with Crippen LogP contribution < -0.4 is 0 Å². The van der Waals surface area contributed by atoms with Crippen LogP contribution in [-0.4, -0.2) is 41.0 Å². The van der Waals surface area contributed by atoms with Crippen LogP contribution in [0.15, 0.2) is 60.8 Å². The fourth-order valence-electron chi connectivity index (χ4n) is 4.77. The lowest BCUT2D eigenvalue weighted by molar-refractivity contribution is -0.161. The van der Waals surface area contributed by atoms with E-state index in [9.17, 15) is 14.2 Å². The highest BCUT2D eigenvalue weighted by atomic mass is 31.2. The van der Waals surface area contributed by atoms with Crippen LogP contribution in [0.2, 0.25) is 0 Å². The number of carbonyl (C=O) groups is 2. The number of carbonyl (C=O) groups excluding carboxylic acids is 2. The molecule has 0 bridgehead atoms. The molecular weight excluding hydrogens is 627 g/mol. The molecule has 0 heterocycles. The number of hydrogen-bond acceptors (Lipinski definition) is 6. The maximum Gasteiger partial charge on any atom is 0.469 e. The molecule has 0 aromatic heterocycles. The first kappa shape index (κ1) is 45.8. The Morgan fingerprint density at radius 3 is 1.56 bits per heavy atom. The molecule has 9 heteroatoms. The third-order valence-electron chi connectivity index (χ3n) is 7.52. The normalized spacial score (nSPS) is 13.2. The predicted octanol–water partition coefficient (Wildman–Crippen LogP) is 11.0. The van der Waals surface area contributed by atoms with Gasteiger partial charge in [-0.25, -0.2) is 4.57 Å². The summed E-state index contributed by atoms with van der Waals surface area (Å²) >= 11 is 0.